The molecule has 0 spiro atoms. The molecule has 3 atom stereocenters. The number of carbonyl (C=O) groups is 3. The molecular weight excluding hydrogens is 416 g/mol. The van der Waals surface area contributed by atoms with Gasteiger partial charge in [0.2, 0.25) is 18.2 Å². The van der Waals surface area contributed by atoms with Gasteiger partial charge in [0, 0.05) is 6.08 Å². The van der Waals surface area contributed by atoms with Gasteiger partial charge in [-0.1, -0.05) is 30.3 Å². The van der Waals surface area contributed by atoms with Crippen molar-refractivity contribution in [2.24, 2.45) is 10.8 Å². The second-order valence-corrected chi connectivity index (χ2v) is 9.55. The number of carbonyl (C=O) groups excluding carboxylic acids is 3. The molecule has 1 aliphatic rings. The van der Waals surface area contributed by atoms with Crippen molar-refractivity contribution in [3.63, 3.8) is 0 Å². The highest BCUT2D eigenvalue weighted by Gasteiger charge is 2.45. The van der Waals surface area contributed by atoms with E-state index in [-0.39, 0.29) is 12.4 Å². The standard InChI is InChI=1S/C24H32O8/c1-23(2,3)21(26)31-16-13-17(19(25)28-7)30-20(18(16)32-22(27)24(4,5)6)29-14-15-11-9-8-10-12-15/h8-13,16,18,20H,14H2,1-7H3/t16-,18+,20+/m0/s1. The molecule has 1 aromatic carbocycles. The molecule has 32 heavy (non-hydrogen) atoms. The summed E-state index contributed by atoms with van der Waals surface area (Å²) in [4.78, 5) is 37.5. The molecule has 8 nitrogen and oxygen atoms in total. The minimum absolute atomic E-state index is 0.115. The summed E-state index contributed by atoms with van der Waals surface area (Å²) in [6.45, 7) is 10.3. The van der Waals surface area contributed by atoms with Crippen LogP contribution in [0.5, 0.6) is 0 Å². The first-order valence-electron chi connectivity index (χ1n) is 10.4. The maximum absolute atomic E-state index is 12.7. The average molecular weight is 449 g/mol. The van der Waals surface area contributed by atoms with E-state index in [1.807, 2.05) is 30.3 Å². The van der Waals surface area contributed by atoms with Gasteiger partial charge in [-0.3, -0.25) is 9.59 Å². The van der Waals surface area contributed by atoms with Crippen molar-refractivity contribution in [1.82, 2.24) is 0 Å². The van der Waals surface area contributed by atoms with Crippen molar-refractivity contribution in [2.75, 3.05) is 7.11 Å². The number of methoxy groups -OCH3 is 1. The summed E-state index contributed by atoms with van der Waals surface area (Å²) in [5, 5.41) is 0. The minimum atomic E-state index is -1.21. The van der Waals surface area contributed by atoms with Crippen LogP contribution in [0.2, 0.25) is 0 Å². The Hall–Kier alpha value is -2.87. The molecule has 0 aliphatic carbocycles. The topological polar surface area (TPSA) is 97.4 Å². The Balaban J connectivity index is 2.39. The Morgan fingerprint density at radius 2 is 1.47 bits per heavy atom. The fraction of sp³-hybridized carbons (Fsp3) is 0.542. The van der Waals surface area contributed by atoms with Gasteiger partial charge in [0.25, 0.3) is 0 Å². The Morgan fingerprint density at radius 1 is 0.906 bits per heavy atom. The van der Waals surface area contributed by atoms with E-state index in [0.29, 0.717) is 0 Å². The average Bonchev–Trinajstić information content (AvgIpc) is 2.72. The molecule has 0 bridgehead atoms. The maximum atomic E-state index is 12.7. The number of hydrogen-bond acceptors (Lipinski definition) is 8. The van der Waals surface area contributed by atoms with Crippen LogP contribution in [-0.2, 0) is 44.7 Å². The SMILES string of the molecule is COC(=O)C1=C[C@H](OC(=O)C(C)(C)C)[C@@H](OC(=O)C(C)(C)C)[C@H](OCc2ccccc2)O1. The normalized spacial score (nSPS) is 21.1. The van der Waals surface area contributed by atoms with E-state index in [1.165, 1.54) is 13.2 Å². The molecule has 0 N–H and O–H groups in total. The number of benzene rings is 1. The first kappa shape index (κ1) is 25.4. The smallest absolute Gasteiger partial charge is 0.373 e. The Kier molecular flexibility index (Phi) is 8.07. The van der Waals surface area contributed by atoms with Crippen LogP contribution in [-0.4, -0.2) is 43.5 Å². The van der Waals surface area contributed by atoms with Gasteiger partial charge in [0.05, 0.1) is 24.5 Å². The monoisotopic (exact) mass is 448 g/mol. The second-order valence-electron chi connectivity index (χ2n) is 9.55. The third kappa shape index (κ3) is 6.82. The first-order chi connectivity index (χ1) is 14.8. The second kappa shape index (κ2) is 10.2. The number of hydrogen-bond donors (Lipinski definition) is 0. The van der Waals surface area contributed by atoms with Crippen LogP contribution in [0.15, 0.2) is 42.2 Å². The molecular formula is C24H32O8. The van der Waals surface area contributed by atoms with Crippen LogP contribution in [0.1, 0.15) is 47.1 Å². The van der Waals surface area contributed by atoms with E-state index in [0.717, 1.165) is 5.56 Å². The molecule has 0 radical (unpaired) electrons. The Morgan fingerprint density at radius 3 is 2.00 bits per heavy atom. The molecule has 0 saturated carbocycles. The van der Waals surface area contributed by atoms with Crippen molar-refractivity contribution in [3.05, 3.63) is 47.7 Å². The van der Waals surface area contributed by atoms with E-state index in [1.54, 1.807) is 41.5 Å². The molecule has 1 aliphatic heterocycles. The van der Waals surface area contributed by atoms with Gasteiger partial charge in [-0.2, -0.15) is 0 Å². The molecule has 176 valence electrons. The van der Waals surface area contributed by atoms with Gasteiger partial charge in [-0.05, 0) is 47.1 Å². The van der Waals surface area contributed by atoms with Crippen LogP contribution in [0.4, 0.5) is 0 Å². The summed E-state index contributed by atoms with van der Waals surface area (Å²) in [6, 6.07) is 9.28. The van der Waals surface area contributed by atoms with Crippen molar-refractivity contribution in [2.45, 2.75) is 66.6 Å². The van der Waals surface area contributed by atoms with E-state index in [9.17, 15) is 14.4 Å². The zero-order valence-electron chi connectivity index (χ0n) is 19.7. The highest BCUT2D eigenvalue weighted by molar-refractivity contribution is 5.86. The van der Waals surface area contributed by atoms with Crippen LogP contribution in [0.25, 0.3) is 0 Å². The minimum Gasteiger partial charge on any atom is -0.463 e. The molecule has 2 rings (SSSR count). The predicted molar refractivity (Wildman–Crippen MR) is 115 cm³/mol. The summed E-state index contributed by atoms with van der Waals surface area (Å²) in [6.07, 6.45) is -2.18. The van der Waals surface area contributed by atoms with Crippen molar-refractivity contribution in [3.8, 4) is 0 Å². The quantitative estimate of drug-likeness (QED) is 0.482. The summed E-state index contributed by atoms with van der Waals surface area (Å²) >= 11 is 0. The summed E-state index contributed by atoms with van der Waals surface area (Å²) < 4.78 is 27.6. The molecule has 0 unspecified atom stereocenters. The van der Waals surface area contributed by atoms with Gasteiger partial charge in [0.15, 0.2) is 6.10 Å². The lowest BCUT2D eigenvalue weighted by Crippen LogP contribution is -2.50. The Labute approximate surface area is 188 Å². The summed E-state index contributed by atoms with van der Waals surface area (Å²) in [7, 11) is 1.20. The van der Waals surface area contributed by atoms with Crippen molar-refractivity contribution >= 4 is 17.9 Å². The van der Waals surface area contributed by atoms with Crippen LogP contribution >= 0.6 is 0 Å². The summed E-state index contributed by atoms with van der Waals surface area (Å²) in [5.74, 6) is -2.04. The third-order valence-electron chi connectivity index (χ3n) is 4.51. The molecule has 0 saturated heterocycles. The molecule has 0 fully saturated rings. The van der Waals surface area contributed by atoms with E-state index >= 15 is 0 Å². The lowest BCUT2D eigenvalue weighted by Gasteiger charge is -2.37. The highest BCUT2D eigenvalue weighted by Crippen LogP contribution is 2.30. The van der Waals surface area contributed by atoms with Gasteiger partial charge in [-0.25, -0.2) is 4.79 Å². The number of esters is 3. The van der Waals surface area contributed by atoms with Gasteiger partial charge in [-0.15, -0.1) is 0 Å². The lowest BCUT2D eigenvalue weighted by atomic mass is 9.96. The highest BCUT2D eigenvalue weighted by atomic mass is 16.7. The van der Waals surface area contributed by atoms with E-state index < -0.39 is 47.2 Å². The molecule has 8 heteroatoms. The fourth-order valence-electron chi connectivity index (χ4n) is 2.55. The largest absolute Gasteiger partial charge is 0.463 e. The van der Waals surface area contributed by atoms with Gasteiger partial charge >= 0.3 is 17.9 Å². The maximum Gasteiger partial charge on any atom is 0.373 e. The first-order valence-corrected chi connectivity index (χ1v) is 10.4. The summed E-state index contributed by atoms with van der Waals surface area (Å²) in [5.41, 5.74) is -0.805. The molecule has 1 aromatic rings. The van der Waals surface area contributed by atoms with Crippen LogP contribution < -0.4 is 0 Å². The number of rotatable bonds is 6. The molecule has 0 aromatic heterocycles. The Bertz CT molecular complexity index is 845. The zero-order valence-corrected chi connectivity index (χ0v) is 19.7. The number of ether oxygens (including phenoxy) is 5. The third-order valence-corrected chi connectivity index (χ3v) is 4.51. The molecule has 1 heterocycles. The zero-order chi connectivity index (χ0) is 24.1. The predicted octanol–water partition coefficient (Wildman–Crippen LogP) is 3.53. The lowest BCUT2D eigenvalue weighted by molar-refractivity contribution is -0.234. The fourth-order valence-corrected chi connectivity index (χ4v) is 2.55. The van der Waals surface area contributed by atoms with Crippen LogP contribution in [0.3, 0.4) is 0 Å². The van der Waals surface area contributed by atoms with E-state index in [4.69, 9.17) is 23.7 Å². The van der Waals surface area contributed by atoms with Gasteiger partial charge < -0.3 is 23.7 Å². The van der Waals surface area contributed by atoms with Crippen molar-refractivity contribution in [1.29, 1.82) is 0 Å². The van der Waals surface area contributed by atoms with Gasteiger partial charge in [0.1, 0.15) is 0 Å². The van der Waals surface area contributed by atoms with E-state index in [2.05, 4.69) is 0 Å². The van der Waals surface area contributed by atoms with Crippen molar-refractivity contribution < 1.29 is 38.1 Å². The van der Waals surface area contributed by atoms with Crippen LogP contribution in [0, 0.1) is 10.8 Å². The molecule has 0 amide bonds.